The van der Waals surface area contributed by atoms with Crippen molar-refractivity contribution in [3.63, 3.8) is 0 Å². The summed E-state index contributed by atoms with van der Waals surface area (Å²) >= 11 is 0. The van der Waals surface area contributed by atoms with Gasteiger partial charge in [-0.2, -0.15) is 0 Å². The number of carbonyl (C=O) groups excluding carboxylic acids is 1. The fourth-order valence-corrected chi connectivity index (χ4v) is 2.28. The molecule has 6 heteroatoms. The summed E-state index contributed by atoms with van der Waals surface area (Å²) in [5.74, 6) is -0.378. The van der Waals surface area contributed by atoms with Gasteiger partial charge in [0.25, 0.3) is 5.56 Å². The molecule has 0 aliphatic carbocycles. The first-order chi connectivity index (χ1) is 10.5. The van der Waals surface area contributed by atoms with Gasteiger partial charge in [-0.25, -0.2) is 9.48 Å². The lowest BCUT2D eigenvalue weighted by atomic mass is 10.3. The fraction of sp³-hybridized carbons (Fsp3) is 0.375. The highest BCUT2D eigenvalue weighted by atomic mass is 16.5. The number of nitrogens with zero attached hydrogens (tertiary/aromatic N) is 2. The van der Waals surface area contributed by atoms with Crippen LogP contribution < -0.4 is 10.9 Å². The van der Waals surface area contributed by atoms with E-state index >= 15 is 0 Å². The Morgan fingerprint density at radius 1 is 1.32 bits per heavy atom. The van der Waals surface area contributed by atoms with Crippen molar-refractivity contribution in [1.29, 1.82) is 0 Å². The summed E-state index contributed by atoms with van der Waals surface area (Å²) in [6, 6.07) is 8.78. The molecule has 22 heavy (non-hydrogen) atoms. The Balaban J connectivity index is 2.39. The lowest BCUT2D eigenvalue weighted by Crippen LogP contribution is -2.31. The molecule has 0 unspecified atom stereocenters. The summed E-state index contributed by atoms with van der Waals surface area (Å²) in [5.41, 5.74) is 1.74. The summed E-state index contributed by atoms with van der Waals surface area (Å²) in [5, 5.41) is 2.97. The van der Waals surface area contributed by atoms with Crippen molar-refractivity contribution in [3.8, 4) is 5.69 Å². The van der Waals surface area contributed by atoms with Gasteiger partial charge in [-0.05, 0) is 32.9 Å². The molecule has 2 aromatic rings. The largest absolute Gasteiger partial charge is 0.464 e. The molecule has 1 N–H and O–H groups in total. The van der Waals surface area contributed by atoms with Crippen molar-refractivity contribution < 1.29 is 9.53 Å². The van der Waals surface area contributed by atoms with E-state index in [-0.39, 0.29) is 11.5 Å². The van der Waals surface area contributed by atoms with Crippen molar-refractivity contribution in [2.45, 2.75) is 26.8 Å². The van der Waals surface area contributed by atoms with Crippen LogP contribution in [0.5, 0.6) is 0 Å². The van der Waals surface area contributed by atoms with Gasteiger partial charge in [0, 0.05) is 7.05 Å². The molecule has 0 fully saturated rings. The standard InChI is InChI=1S/C16H21N3O3/c1-5-22-16(21)11(2)17-14-12(3)18(4)19(15(14)20)13-9-7-6-8-10-13/h6-11,17H,5H2,1-4H3/t11-/m0/s1. The number of benzene rings is 1. The zero-order chi connectivity index (χ0) is 16.3. The highest BCUT2D eigenvalue weighted by Gasteiger charge is 2.21. The number of nitrogens with one attached hydrogen (secondary N) is 1. The first-order valence-electron chi connectivity index (χ1n) is 7.24. The summed E-state index contributed by atoms with van der Waals surface area (Å²) in [4.78, 5) is 24.4. The van der Waals surface area contributed by atoms with E-state index in [1.807, 2.05) is 44.3 Å². The van der Waals surface area contributed by atoms with Gasteiger partial charge in [-0.15, -0.1) is 0 Å². The summed E-state index contributed by atoms with van der Waals surface area (Å²) < 4.78 is 8.29. The van der Waals surface area contributed by atoms with Gasteiger partial charge in [0.15, 0.2) is 0 Å². The first-order valence-corrected chi connectivity index (χ1v) is 7.24. The third-order valence-electron chi connectivity index (χ3n) is 3.56. The van der Waals surface area contributed by atoms with E-state index in [1.54, 1.807) is 23.2 Å². The molecule has 1 aromatic carbocycles. The van der Waals surface area contributed by atoms with Crippen LogP contribution >= 0.6 is 0 Å². The molecule has 0 amide bonds. The van der Waals surface area contributed by atoms with E-state index in [0.717, 1.165) is 11.4 Å². The predicted molar refractivity (Wildman–Crippen MR) is 85.5 cm³/mol. The Bertz CT molecular complexity index is 716. The number of rotatable bonds is 5. The topological polar surface area (TPSA) is 65.3 Å². The molecule has 0 aliphatic heterocycles. The maximum absolute atomic E-state index is 12.7. The average Bonchev–Trinajstić information content (AvgIpc) is 2.72. The Morgan fingerprint density at radius 2 is 1.95 bits per heavy atom. The Labute approximate surface area is 129 Å². The van der Waals surface area contributed by atoms with Crippen LogP contribution in [-0.4, -0.2) is 28.0 Å². The average molecular weight is 303 g/mol. The van der Waals surface area contributed by atoms with E-state index in [0.29, 0.717) is 12.3 Å². The first kappa shape index (κ1) is 15.9. The lowest BCUT2D eigenvalue weighted by molar-refractivity contribution is -0.143. The molecule has 0 radical (unpaired) electrons. The van der Waals surface area contributed by atoms with Gasteiger partial charge in [-0.3, -0.25) is 9.48 Å². The molecular weight excluding hydrogens is 282 g/mol. The maximum Gasteiger partial charge on any atom is 0.328 e. The monoisotopic (exact) mass is 303 g/mol. The fourth-order valence-electron chi connectivity index (χ4n) is 2.28. The smallest absolute Gasteiger partial charge is 0.328 e. The molecule has 0 saturated carbocycles. The number of para-hydroxylation sites is 1. The second-order valence-corrected chi connectivity index (χ2v) is 5.05. The van der Waals surface area contributed by atoms with E-state index in [9.17, 15) is 9.59 Å². The zero-order valence-electron chi connectivity index (χ0n) is 13.3. The van der Waals surface area contributed by atoms with Gasteiger partial charge in [0.05, 0.1) is 18.0 Å². The van der Waals surface area contributed by atoms with Crippen LogP contribution in [0.4, 0.5) is 5.69 Å². The minimum atomic E-state index is -0.585. The molecule has 0 aliphatic rings. The van der Waals surface area contributed by atoms with Gasteiger partial charge in [0.2, 0.25) is 0 Å². The Hall–Kier alpha value is -2.50. The van der Waals surface area contributed by atoms with Crippen molar-refractivity contribution in [1.82, 2.24) is 9.36 Å². The number of ether oxygens (including phenoxy) is 1. The van der Waals surface area contributed by atoms with Crippen molar-refractivity contribution in [2.75, 3.05) is 11.9 Å². The minimum Gasteiger partial charge on any atom is -0.464 e. The number of hydrogen-bond donors (Lipinski definition) is 1. The predicted octanol–water partition coefficient (Wildman–Crippen LogP) is 1.85. The molecule has 1 heterocycles. The van der Waals surface area contributed by atoms with Gasteiger partial charge >= 0.3 is 5.97 Å². The van der Waals surface area contributed by atoms with Crippen molar-refractivity contribution >= 4 is 11.7 Å². The minimum absolute atomic E-state index is 0.192. The summed E-state index contributed by atoms with van der Waals surface area (Å²) in [6.07, 6.45) is 0. The van der Waals surface area contributed by atoms with E-state index in [4.69, 9.17) is 4.74 Å². The molecule has 6 nitrogen and oxygen atoms in total. The van der Waals surface area contributed by atoms with Crippen LogP contribution in [0, 0.1) is 6.92 Å². The summed E-state index contributed by atoms with van der Waals surface area (Å²) in [7, 11) is 1.81. The number of aromatic nitrogens is 2. The van der Waals surface area contributed by atoms with Crippen molar-refractivity contribution in [3.05, 3.63) is 46.4 Å². The number of anilines is 1. The Morgan fingerprint density at radius 3 is 2.55 bits per heavy atom. The molecule has 0 bridgehead atoms. The molecule has 118 valence electrons. The van der Waals surface area contributed by atoms with Crippen LogP contribution in [0.2, 0.25) is 0 Å². The van der Waals surface area contributed by atoms with Crippen LogP contribution in [0.1, 0.15) is 19.5 Å². The molecular formula is C16H21N3O3. The zero-order valence-corrected chi connectivity index (χ0v) is 13.3. The second kappa shape index (κ2) is 6.51. The lowest BCUT2D eigenvalue weighted by Gasteiger charge is -2.12. The number of hydrogen-bond acceptors (Lipinski definition) is 4. The quantitative estimate of drug-likeness (QED) is 0.856. The van der Waals surface area contributed by atoms with E-state index in [1.165, 1.54) is 0 Å². The normalized spacial score (nSPS) is 12.0. The third-order valence-corrected chi connectivity index (χ3v) is 3.56. The SMILES string of the molecule is CCOC(=O)[C@H](C)Nc1c(C)n(C)n(-c2ccccc2)c1=O. The molecule has 0 saturated heterocycles. The third kappa shape index (κ3) is 2.90. The summed E-state index contributed by atoms with van der Waals surface area (Å²) in [6.45, 7) is 5.57. The second-order valence-electron chi connectivity index (χ2n) is 5.05. The maximum atomic E-state index is 12.7. The van der Waals surface area contributed by atoms with Crippen LogP contribution in [0.3, 0.4) is 0 Å². The molecule has 0 spiro atoms. The highest BCUT2D eigenvalue weighted by molar-refractivity contribution is 5.79. The van der Waals surface area contributed by atoms with Gasteiger partial charge in [0.1, 0.15) is 11.7 Å². The van der Waals surface area contributed by atoms with Crippen molar-refractivity contribution in [2.24, 2.45) is 7.05 Å². The molecule has 1 aromatic heterocycles. The number of esters is 1. The van der Waals surface area contributed by atoms with Crippen LogP contribution in [-0.2, 0) is 16.6 Å². The van der Waals surface area contributed by atoms with Crippen LogP contribution in [0.25, 0.3) is 5.69 Å². The molecule has 2 rings (SSSR count). The number of carbonyl (C=O) groups is 1. The highest BCUT2D eigenvalue weighted by Crippen LogP contribution is 2.15. The Kier molecular flexibility index (Phi) is 4.70. The van der Waals surface area contributed by atoms with E-state index in [2.05, 4.69) is 5.32 Å². The van der Waals surface area contributed by atoms with Crippen LogP contribution in [0.15, 0.2) is 35.1 Å². The molecule has 1 atom stereocenters. The van der Waals surface area contributed by atoms with E-state index < -0.39 is 6.04 Å². The van der Waals surface area contributed by atoms with Gasteiger partial charge < -0.3 is 10.1 Å². The van der Waals surface area contributed by atoms with Gasteiger partial charge in [-0.1, -0.05) is 18.2 Å².